The third-order valence-corrected chi connectivity index (χ3v) is 7.29. The van der Waals surface area contributed by atoms with Crippen LogP contribution in [0.4, 0.5) is 0 Å². The molecule has 9 heteroatoms. The summed E-state index contributed by atoms with van der Waals surface area (Å²) in [6.45, 7) is 4.81. The van der Waals surface area contributed by atoms with Crippen LogP contribution in [-0.4, -0.2) is 73.5 Å². The molecule has 6 nitrogen and oxygen atoms in total. The molecule has 0 aromatic heterocycles. The molecule has 1 aliphatic heterocycles. The summed E-state index contributed by atoms with van der Waals surface area (Å²) in [6, 6.07) is 5.05. The number of morpholine rings is 1. The summed E-state index contributed by atoms with van der Waals surface area (Å²) in [6.07, 6.45) is 6.89. The molecular weight excluding hydrogens is 501 g/mol. The second kappa shape index (κ2) is 14.5. The molecule has 34 heavy (non-hydrogen) atoms. The van der Waals surface area contributed by atoms with Gasteiger partial charge in [-0.25, -0.2) is 0 Å². The number of nitrogens with zero attached hydrogens (tertiary/aromatic N) is 1. The maximum Gasteiger partial charge on any atom is 0.305 e. The van der Waals surface area contributed by atoms with E-state index in [1.807, 2.05) is 0 Å². The number of hydrogen-bond donors (Lipinski definition) is 1. The number of carbonyl (C=O) groups excluding carboxylic acids is 1. The molecule has 190 valence electrons. The number of halogens is 3. The quantitative estimate of drug-likeness (QED) is 0.177. The van der Waals surface area contributed by atoms with Crippen LogP contribution in [0.5, 0.6) is 5.75 Å². The molecule has 1 aromatic rings. The summed E-state index contributed by atoms with van der Waals surface area (Å²) in [5.74, 6) is 0.452. The van der Waals surface area contributed by atoms with Crippen molar-refractivity contribution < 1.29 is 24.1 Å². The molecule has 1 N–H and O–H groups in total. The largest absolute Gasteiger partial charge is 0.493 e. The highest BCUT2D eigenvalue weighted by molar-refractivity contribution is 6.34. The molecule has 4 atom stereocenters. The smallest absolute Gasteiger partial charge is 0.305 e. The molecule has 2 fully saturated rings. The van der Waals surface area contributed by atoms with Crippen molar-refractivity contribution in [3.05, 3.63) is 40.4 Å². The molecule has 1 aromatic carbocycles. The Kier molecular flexibility index (Phi) is 11.8. The second-order valence-electron chi connectivity index (χ2n) is 8.84. The first-order valence-electron chi connectivity index (χ1n) is 11.9. The minimum atomic E-state index is -0.511. The number of carbonyl (C=O) groups is 1. The van der Waals surface area contributed by atoms with Crippen LogP contribution in [0.2, 0.25) is 10.0 Å². The van der Waals surface area contributed by atoms with Crippen molar-refractivity contribution in [2.24, 2.45) is 11.8 Å². The van der Waals surface area contributed by atoms with Crippen molar-refractivity contribution in [1.29, 1.82) is 0 Å². The lowest BCUT2D eigenvalue weighted by atomic mass is 9.92. The van der Waals surface area contributed by atoms with Crippen LogP contribution >= 0.6 is 34.8 Å². The standard InChI is InChI=1S/C25H34Cl3NO5/c26-18-13-19(27)15-20(14-18)34-17-22-21(23(28)16-24(22)30)5-3-1-2-4-6-25(31)33-12-9-29-7-10-32-11-8-29/h1,3,13-15,21-24,30H,2,4-12,16-17H2/b3-1-/t21?,22-,23+,24-/m1/s1. The maximum absolute atomic E-state index is 11.9. The second-order valence-corrected chi connectivity index (χ2v) is 10.3. The molecule has 0 radical (unpaired) electrons. The highest BCUT2D eigenvalue weighted by atomic mass is 35.5. The normalized spacial score (nSPS) is 25.6. The van der Waals surface area contributed by atoms with E-state index < -0.39 is 6.10 Å². The highest BCUT2D eigenvalue weighted by Gasteiger charge is 2.41. The van der Waals surface area contributed by atoms with Gasteiger partial charge in [0.15, 0.2) is 0 Å². The number of rotatable bonds is 12. The van der Waals surface area contributed by atoms with E-state index in [4.69, 9.17) is 49.0 Å². The van der Waals surface area contributed by atoms with E-state index in [1.54, 1.807) is 18.2 Å². The fourth-order valence-corrected chi connectivity index (χ4v) is 5.39. The van der Waals surface area contributed by atoms with Gasteiger partial charge in [-0.3, -0.25) is 9.69 Å². The van der Waals surface area contributed by atoms with Gasteiger partial charge in [-0.15, -0.1) is 11.6 Å². The molecular formula is C25H34Cl3NO5. The van der Waals surface area contributed by atoms with E-state index in [-0.39, 0.29) is 23.2 Å². The lowest BCUT2D eigenvalue weighted by Gasteiger charge is -2.26. The Morgan fingerprint density at radius 1 is 1.15 bits per heavy atom. The van der Waals surface area contributed by atoms with Gasteiger partial charge < -0.3 is 19.3 Å². The van der Waals surface area contributed by atoms with E-state index >= 15 is 0 Å². The number of esters is 1. The summed E-state index contributed by atoms with van der Waals surface area (Å²) in [7, 11) is 0. The third-order valence-electron chi connectivity index (χ3n) is 6.35. The molecule has 3 rings (SSSR count). The molecule has 0 amide bonds. The molecule has 1 aliphatic carbocycles. The molecule has 0 spiro atoms. The van der Waals surface area contributed by atoms with Crippen LogP contribution in [0.25, 0.3) is 0 Å². The lowest BCUT2D eigenvalue weighted by Crippen LogP contribution is -2.38. The zero-order chi connectivity index (χ0) is 24.3. The van der Waals surface area contributed by atoms with Crippen LogP contribution < -0.4 is 4.74 Å². The zero-order valence-electron chi connectivity index (χ0n) is 19.3. The number of allylic oxidation sites excluding steroid dienone is 2. The van der Waals surface area contributed by atoms with Crippen LogP contribution in [0.3, 0.4) is 0 Å². The highest BCUT2D eigenvalue weighted by Crippen LogP contribution is 2.39. The first-order valence-corrected chi connectivity index (χ1v) is 13.1. The molecule has 1 unspecified atom stereocenters. The fraction of sp³-hybridized carbons (Fsp3) is 0.640. The Morgan fingerprint density at radius 3 is 2.62 bits per heavy atom. The van der Waals surface area contributed by atoms with Crippen LogP contribution in [0.1, 0.15) is 32.1 Å². The number of aliphatic hydroxyl groups excluding tert-OH is 1. The Labute approximate surface area is 217 Å². The molecule has 1 saturated carbocycles. The minimum Gasteiger partial charge on any atom is -0.493 e. The Balaban J connectivity index is 1.33. The number of hydrogen-bond acceptors (Lipinski definition) is 6. The van der Waals surface area contributed by atoms with Crippen molar-refractivity contribution in [3.63, 3.8) is 0 Å². The summed E-state index contributed by atoms with van der Waals surface area (Å²) in [5, 5.41) is 11.4. The summed E-state index contributed by atoms with van der Waals surface area (Å²) >= 11 is 18.6. The van der Waals surface area contributed by atoms with Crippen LogP contribution in [0, 0.1) is 11.8 Å². The van der Waals surface area contributed by atoms with Gasteiger partial charge in [0, 0.05) is 47.4 Å². The molecule has 1 saturated heterocycles. The van der Waals surface area contributed by atoms with E-state index in [9.17, 15) is 9.90 Å². The van der Waals surface area contributed by atoms with Crippen LogP contribution in [-0.2, 0) is 14.3 Å². The third kappa shape index (κ3) is 9.21. The first-order chi connectivity index (χ1) is 16.4. The summed E-state index contributed by atoms with van der Waals surface area (Å²) in [5.41, 5.74) is 0. The fourth-order valence-electron chi connectivity index (χ4n) is 4.42. The number of aliphatic hydroxyl groups is 1. The van der Waals surface area contributed by atoms with Gasteiger partial charge in [0.2, 0.25) is 0 Å². The SMILES string of the molecule is O=C(CCC/C=C\CC1[C@@H](COc2cc(Cl)cc(Cl)c2)[C@H](O)C[C@@H]1Cl)OCCN1CCOCC1. The van der Waals surface area contributed by atoms with Crippen molar-refractivity contribution in [2.45, 2.75) is 43.6 Å². The van der Waals surface area contributed by atoms with Gasteiger partial charge in [0.1, 0.15) is 12.4 Å². The molecule has 0 bridgehead atoms. The molecule has 2 aliphatic rings. The van der Waals surface area contributed by atoms with Crippen molar-refractivity contribution in [1.82, 2.24) is 4.90 Å². The van der Waals surface area contributed by atoms with E-state index in [0.29, 0.717) is 41.9 Å². The van der Waals surface area contributed by atoms with Gasteiger partial charge >= 0.3 is 5.97 Å². The van der Waals surface area contributed by atoms with Gasteiger partial charge in [-0.2, -0.15) is 0 Å². The van der Waals surface area contributed by atoms with Crippen molar-refractivity contribution in [2.75, 3.05) is 46.1 Å². The maximum atomic E-state index is 11.9. The first kappa shape index (κ1) is 27.6. The summed E-state index contributed by atoms with van der Waals surface area (Å²) < 4.78 is 16.5. The van der Waals surface area contributed by atoms with E-state index in [2.05, 4.69) is 17.1 Å². The van der Waals surface area contributed by atoms with E-state index in [0.717, 1.165) is 52.1 Å². The Bertz CT molecular complexity index is 783. The molecule has 1 heterocycles. The monoisotopic (exact) mass is 533 g/mol. The number of ether oxygens (including phenoxy) is 3. The Morgan fingerprint density at radius 2 is 1.88 bits per heavy atom. The van der Waals surface area contributed by atoms with Crippen molar-refractivity contribution in [3.8, 4) is 5.75 Å². The predicted molar refractivity (Wildman–Crippen MR) is 135 cm³/mol. The van der Waals surface area contributed by atoms with Crippen LogP contribution in [0.15, 0.2) is 30.4 Å². The number of unbranched alkanes of at least 4 members (excludes halogenated alkanes) is 1. The van der Waals surface area contributed by atoms with Gasteiger partial charge in [0.25, 0.3) is 0 Å². The number of alkyl halides is 1. The van der Waals surface area contributed by atoms with Gasteiger partial charge in [0.05, 0.1) is 25.9 Å². The predicted octanol–water partition coefficient (Wildman–Crippen LogP) is 4.97. The lowest BCUT2D eigenvalue weighted by molar-refractivity contribution is -0.144. The average molecular weight is 535 g/mol. The number of benzene rings is 1. The Hall–Kier alpha value is -1.02. The minimum absolute atomic E-state index is 0.0775. The average Bonchev–Trinajstić information content (AvgIpc) is 3.06. The van der Waals surface area contributed by atoms with Gasteiger partial charge in [-0.05, 0) is 49.8 Å². The summed E-state index contributed by atoms with van der Waals surface area (Å²) in [4.78, 5) is 14.2. The van der Waals surface area contributed by atoms with Gasteiger partial charge in [-0.1, -0.05) is 35.4 Å². The van der Waals surface area contributed by atoms with Crippen molar-refractivity contribution >= 4 is 40.8 Å². The zero-order valence-corrected chi connectivity index (χ0v) is 21.6. The topological polar surface area (TPSA) is 68.2 Å². The van der Waals surface area contributed by atoms with E-state index in [1.165, 1.54) is 0 Å².